The van der Waals surface area contributed by atoms with Crippen molar-refractivity contribution in [1.82, 2.24) is 0 Å². The topological polar surface area (TPSA) is 38.3 Å². The highest BCUT2D eigenvalue weighted by atomic mass is 35.5. The maximum Gasteiger partial charge on any atom is 0.230 e. The normalized spacial score (nSPS) is 28.6. The molecule has 116 valence electrons. The van der Waals surface area contributed by atoms with Gasteiger partial charge >= 0.3 is 0 Å². The average molecular weight is 310 g/mol. The van der Waals surface area contributed by atoms with E-state index in [2.05, 4.69) is 18.3 Å². The van der Waals surface area contributed by atoms with Gasteiger partial charge in [-0.05, 0) is 50.3 Å². The first-order chi connectivity index (χ1) is 10.0. The number of hydrogen-bond donors (Lipinski definition) is 1. The molecule has 1 aromatic rings. The standard InChI is InChI=1S/C17H24ClNO2/c1-11-12(2)21-13(3)16(11)17(20)19-15-8-4-6-14(10-15)7-5-9-18/h4,6,8,10-13,16H,5,7,9H2,1-3H3,(H,19,20). The van der Waals surface area contributed by atoms with Crippen LogP contribution in [0, 0.1) is 11.8 Å². The van der Waals surface area contributed by atoms with Gasteiger partial charge in [0.15, 0.2) is 0 Å². The van der Waals surface area contributed by atoms with Gasteiger partial charge in [-0.25, -0.2) is 0 Å². The number of benzene rings is 1. The lowest BCUT2D eigenvalue weighted by molar-refractivity contribution is -0.121. The average Bonchev–Trinajstić information content (AvgIpc) is 2.70. The number of anilines is 1. The van der Waals surface area contributed by atoms with Gasteiger partial charge in [0.2, 0.25) is 5.91 Å². The molecule has 1 heterocycles. The number of carbonyl (C=O) groups is 1. The number of ether oxygens (including phenoxy) is 1. The van der Waals surface area contributed by atoms with Crippen LogP contribution in [-0.2, 0) is 16.0 Å². The lowest BCUT2D eigenvalue weighted by Crippen LogP contribution is -2.32. The summed E-state index contributed by atoms with van der Waals surface area (Å²) in [4.78, 5) is 12.5. The Balaban J connectivity index is 2.02. The smallest absolute Gasteiger partial charge is 0.230 e. The van der Waals surface area contributed by atoms with Crippen LogP contribution in [0.2, 0.25) is 0 Å². The molecule has 1 aliphatic rings. The van der Waals surface area contributed by atoms with Gasteiger partial charge in [-0.3, -0.25) is 4.79 Å². The van der Waals surface area contributed by atoms with Crippen LogP contribution in [0.4, 0.5) is 5.69 Å². The van der Waals surface area contributed by atoms with Gasteiger partial charge in [0.1, 0.15) is 0 Å². The van der Waals surface area contributed by atoms with Crippen molar-refractivity contribution in [3.63, 3.8) is 0 Å². The number of amides is 1. The van der Waals surface area contributed by atoms with Gasteiger partial charge in [0.05, 0.1) is 18.1 Å². The zero-order chi connectivity index (χ0) is 15.4. The van der Waals surface area contributed by atoms with E-state index in [0.29, 0.717) is 5.88 Å². The second kappa shape index (κ2) is 7.28. The Morgan fingerprint density at radius 3 is 2.67 bits per heavy atom. The lowest BCUT2D eigenvalue weighted by atomic mass is 9.89. The number of alkyl halides is 1. The monoisotopic (exact) mass is 309 g/mol. The van der Waals surface area contributed by atoms with Crippen LogP contribution >= 0.6 is 11.6 Å². The molecule has 21 heavy (non-hydrogen) atoms. The van der Waals surface area contributed by atoms with Crippen molar-refractivity contribution < 1.29 is 9.53 Å². The van der Waals surface area contributed by atoms with Crippen molar-refractivity contribution in [2.45, 2.75) is 45.8 Å². The molecule has 1 N–H and O–H groups in total. The first-order valence-electron chi connectivity index (χ1n) is 7.64. The number of carbonyl (C=O) groups excluding carboxylic acids is 1. The molecule has 1 aromatic carbocycles. The third-order valence-electron chi connectivity index (χ3n) is 4.34. The van der Waals surface area contributed by atoms with Crippen molar-refractivity contribution in [1.29, 1.82) is 0 Å². The van der Waals surface area contributed by atoms with Crippen LogP contribution in [-0.4, -0.2) is 24.0 Å². The van der Waals surface area contributed by atoms with Gasteiger partial charge in [0.25, 0.3) is 0 Å². The molecule has 0 bridgehead atoms. The molecule has 4 heteroatoms. The third kappa shape index (κ3) is 3.98. The summed E-state index contributed by atoms with van der Waals surface area (Å²) < 4.78 is 5.75. The van der Waals surface area contributed by atoms with Gasteiger partial charge < -0.3 is 10.1 Å². The minimum absolute atomic E-state index is 0.0329. The highest BCUT2D eigenvalue weighted by Gasteiger charge is 2.41. The van der Waals surface area contributed by atoms with Crippen LogP contribution in [0.5, 0.6) is 0 Å². The van der Waals surface area contributed by atoms with E-state index in [-0.39, 0.29) is 30.0 Å². The number of rotatable bonds is 5. The zero-order valence-corrected chi connectivity index (χ0v) is 13.7. The molecule has 1 aliphatic heterocycles. The minimum atomic E-state index is -0.0912. The minimum Gasteiger partial charge on any atom is -0.374 e. The van der Waals surface area contributed by atoms with Gasteiger partial charge in [-0.1, -0.05) is 19.1 Å². The SMILES string of the molecule is CC1OC(C)C(C(=O)Nc2cccc(CCCCl)c2)C1C. The second-order valence-corrected chi connectivity index (χ2v) is 6.29. The predicted octanol–water partition coefficient (Wildman–Crippen LogP) is 3.86. The molecular weight excluding hydrogens is 286 g/mol. The molecule has 1 amide bonds. The van der Waals surface area contributed by atoms with Crippen LogP contribution in [0.3, 0.4) is 0 Å². The summed E-state index contributed by atoms with van der Waals surface area (Å²) in [5, 5.41) is 3.03. The van der Waals surface area contributed by atoms with Gasteiger partial charge in [-0.2, -0.15) is 0 Å². The molecule has 4 unspecified atom stereocenters. The number of hydrogen-bond acceptors (Lipinski definition) is 2. The van der Waals surface area contributed by atoms with E-state index in [0.717, 1.165) is 18.5 Å². The Bertz CT molecular complexity index is 491. The van der Waals surface area contributed by atoms with E-state index < -0.39 is 0 Å². The zero-order valence-electron chi connectivity index (χ0n) is 12.9. The van der Waals surface area contributed by atoms with Crippen molar-refractivity contribution >= 4 is 23.2 Å². The molecule has 3 nitrogen and oxygen atoms in total. The number of aryl methyl sites for hydroxylation is 1. The van der Waals surface area contributed by atoms with Crippen LogP contribution < -0.4 is 5.32 Å². The Morgan fingerprint density at radius 1 is 1.29 bits per heavy atom. The molecule has 1 fully saturated rings. The lowest BCUT2D eigenvalue weighted by Gasteiger charge is -2.18. The summed E-state index contributed by atoms with van der Waals surface area (Å²) in [6.45, 7) is 6.08. The van der Waals surface area contributed by atoms with Crippen LogP contribution in [0.1, 0.15) is 32.8 Å². The highest BCUT2D eigenvalue weighted by Crippen LogP contribution is 2.33. The molecule has 0 radical (unpaired) electrons. The maximum atomic E-state index is 12.5. The predicted molar refractivity (Wildman–Crippen MR) is 86.8 cm³/mol. The second-order valence-electron chi connectivity index (χ2n) is 5.91. The molecule has 0 spiro atoms. The molecule has 0 aliphatic carbocycles. The van der Waals surface area contributed by atoms with Crippen molar-refractivity contribution in [2.75, 3.05) is 11.2 Å². The molecule has 0 saturated carbocycles. The fourth-order valence-electron chi connectivity index (χ4n) is 3.02. The van der Waals surface area contributed by atoms with E-state index in [9.17, 15) is 4.79 Å². The fourth-order valence-corrected chi connectivity index (χ4v) is 3.15. The van der Waals surface area contributed by atoms with Gasteiger partial charge in [0, 0.05) is 11.6 Å². The van der Waals surface area contributed by atoms with Gasteiger partial charge in [-0.15, -0.1) is 11.6 Å². The first-order valence-corrected chi connectivity index (χ1v) is 8.17. The van der Waals surface area contributed by atoms with E-state index in [1.807, 2.05) is 32.0 Å². The Morgan fingerprint density at radius 2 is 2.05 bits per heavy atom. The van der Waals surface area contributed by atoms with E-state index >= 15 is 0 Å². The van der Waals surface area contributed by atoms with Crippen molar-refractivity contribution in [3.05, 3.63) is 29.8 Å². The molecule has 2 rings (SSSR count). The van der Waals surface area contributed by atoms with E-state index in [4.69, 9.17) is 16.3 Å². The molecular formula is C17H24ClNO2. The van der Waals surface area contributed by atoms with Crippen molar-refractivity contribution in [3.8, 4) is 0 Å². The summed E-state index contributed by atoms with van der Waals surface area (Å²) in [5.74, 6) is 0.850. The summed E-state index contributed by atoms with van der Waals surface area (Å²) in [6, 6.07) is 7.99. The van der Waals surface area contributed by atoms with Crippen LogP contribution in [0.25, 0.3) is 0 Å². The Labute approximate surface area is 132 Å². The highest BCUT2D eigenvalue weighted by molar-refractivity contribution is 6.17. The number of nitrogens with one attached hydrogen (secondary N) is 1. The number of halogens is 1. The quantitative estimate of drug-likeness (QED) is 0.839. The summed E-state index contributed by atoms with van der Waals surface area (Å²) in [7, 11) is 0. The molecule has 1 saturated heterocycles. The first kappa shape index (κ1) is 16.3. The van der Waals surface area contributed by atoms with E-state index in [1.165, 1.54) is 5.56 Å². The fraction of sp³-hybridized carbons (Fsp3) is 0.588. The molecule has 0 aromatic heterocycles. The van der Waals surface area contributed by atoms with E-state index in [1.54, 1.807) is 0 Å². The van der Waals surface area contributed by atoms with Crippen LogP contribution in [0.15, 0.2) is 24.3 Å². The summed E-state index contributed by atoms with van der Waals surface area (Å²) in [5.41, 5.74) is 2.05. The summed E-state index contributed by atoms with van der Waals surface area (Å²) in [6.07, 6.45) is 1.98. The summed E-state index contributed by atoms with van der Waals surface area (Å²) >= 11 is 5.72. The Hall–Kier alpha value is -1.06. The third-order valence-corrected chi connectivity index (χ3v) is 4.61. The maximum absolute atomic E-state index is 12.5. The Kier molecular flexibility index (Phi) is 5.65. The largest absolute Gasteiger partial charge is 0.374 e. The van der Waals surface area contributed by atoms with Crippen molar-refractivity contribution in [2.24, 2.45) is 11.8 Å². The molecule has 4 atom stereocenters.